The fraction of sp³-hybridized carbons (Fsp3) is 0.167. The molecule has 3 amide bonds. The van der Waals surface area contributed by atoms with Crippen molar-refractivity contribution in [2.24, 2.45) is 0 Å². The number of carbonyl (C=O) groups is 3. The molecule has 0 radical (unpaired) electrons. The van der Waals surface area contributed by atoms with Crippen LogP contribution in [0.2, 0.25) is 0 Å². The van der Waals surface area contributed by atoms with Crippen LogP contribution in [0.4, 0.5) is 11.4 Å². The Bertz CT molecular complexity index is 890. The fourth-order valence-electron chi connectivity index (χ4n) is 2.54. The van der Waals surface area contributed by atoms with Crippen molar-refractivity contribution in [3.8, 4) is 0 Å². The van der Waals surface area contributed by atoms with E-state index in [9.17, 15) is 14.4 Å². The van der Waals surface area contributed by atoms with Gasteiger partial charge >= 0.3 is 0 Å². The molecule has 0 unspecified atom stereocenters. The number of hydrogen-bond donors (Lipinski definition) is 3. The summed E-state index contributed by atoms with van der Waals surface area (Å²) in [6, 6.07) is 8.78. The van der Waals surface area contributed by atoms with E-state index in [0.717, 1.165) is 10.5 Å². The van der Waals surface area contributed by atoms with Crippen LogP contribution in [-0.2, 0) is 9.59 Å². The third-order valence-electron chi connectivity index (χ3n) is 3.83. The van der Waals surface area contributed by atoms with Gasteiger partial charge in [-0.1, -0.05) is 6.07 Å². The first kappa shape index (κ1) is 17.8. The summed E-state index contributed by atoms with van der Waals surface area (Å²) in [6.07, 6.45) is 1.21. The number of benzene rings is 1. The summed E-state index contributed by atoms with van der Waals surface area (Å²) in [5, 5.41) is 16.5. The van der Waals surface area contributed by atoms with E-state index < -0.39 is 11.8 Å². The lowest BCUT2D eigenvalue weighted by Crippen LogP contribution is -2.34. The number of β-amino-alcohol motifs (C(OH)–C–C–N with tert-alkyl or cyclic N) is 1. The molecule has 0 fully saturated rings. The monoisotopic (exact) mass is 371 g/mol. The van der Waals surface area contributed by atoms with E-state index in [1.165, 1.54) is 17.4 Å². The van der Waals surface area contributed by atoms with Crippen molar-refractivity contribution in [2.75, 3.05) is 23.8 Å². The Morgan fingerprint density at radius 1 is 1.27 bits per heavy atom. The first-order chi connectivity index (χ1) is 12.5. The van der Waals surface area contributed by atoms with Crippen LogP contribution in [0, 0.1) is 6.92 Å². The molecule has 8 heteroatoms. The predicted octanol–water partition coefficient (Wildman–Crippen LogP) is 1.97. The zero-order valence-electron chi connectivity index (χ0n) is 14.0. The number of nitrogens with zero attached hydrogens (tertiary/aromatic N) is 1. The van der Waals surface area contributed by atoms with Crippen LogP contribution in [0.15, 0.2) is 47.5 Å². The van der Waals surface area contributed by atoms with Gasteiger partial charge in [0.05, 0.1) is 18.0 Å². The lowest BCUT2D eigenvalue weighted by Gasteiger charge is -2.14. The van der Waals surface area contributed by atoms with Crippen LogP contribution >= 0.6 is 11.3 Å². The molecule has 7 nitrogen and oxygen atoms in total. The van der Waals surface area contributed by atoms with Crippen molar-refractivity contribution in [1.29, 1.82) is 0 Å². The van der Waals surface area contributed by atoms with E-state index in [4.69, 9.17) is 5.11 Å². The zero-order chi connectivity index (χ0) is 18.7. The highest BCUT2D eigenvalue weighted by molar-refractivity contribution is 7.12. The van der Waals surface area contributed by atoms with E-state index in [-0.39, 0.29) is 24.8 Å². The third-order valence-corrected chi connectivity index (χ3v) is 4.70. The summed E-state index contributed by atoms with van der Waals surface area (Å²) >= 11 is 1.36. The van der Waals surface area contributed by atoms with Gasteiger partial charge in [0.25, 0.3) is 17.7 Å². The highest BCUT2D eigenvalue weighted by atomic mass is 32.1. The van der Waals surface area contributed by atoms with Gasteiger partial charge in [-0.3, -0.25) is 19.3 Å². The SMILES string of the molecule is Cc1cc(NC2=CC(=O)N(CCO)C2=O)ccc1NC(=O)c1cccs1. The topological polar surface area (TPSA) is 98.7 Å². The Morgan fingerprint density at radius 2 is 2.08 bits per heavy atom. The first-order valence-corrected chi connectivity index (χ1v) is 8.78. The molecule has 2 aromatic rings. The van der Waals surface area contributed by atoms with Gasteiger partial charge in [-0.05, 0) is 42.1 Å². The van der Waals surface area contributed by atoms with Crippen LogP contribution in [0.25, 0.3) is 0 Å². The molecule has 1 aromatic carbocycles. The number of aliphatic hydroxyl groups is 1. The number of rotatable bonds is 6. The van der Waals surface area contributed by atoms with E-state index in [2.05, 4.69) is 10.6 Å². The van der Waals surface area contributed by atoms with E-state index in [1.807, 2.05) is 18.4 Å². The highest BCUT2D eigenvalue weighted by Gasteiger charge is 2.30. The summed E-state index contributed by atoms with van der Waals surface area (Å²) in [5.41, 5.74) is 2.25. The number of amides is 3. The van der Waals surface area contributed by atoms with Gasteiger partial charge in [0, 0.05) is 17.5 Å². The average Bonchev–Trinajstić information content (AvgIpc) is 3.22. The molecular formula is C18H17N3O4S. The highest BCUT2D eigenvalue weighted by Crippen LogP contribution is 2.23. The number of anilines is 2. The molecule has 134 valence electrons. The van der Waals surface area contributed by atoms with Gasteiger partial charge in [-0.15, -0.1) is 11.3 Å². The molecule has 0 saturated carbocycles. The minimum Gasteiger partial charge on any atom is -0.395 e. The molecule has 1 aliphatic heterocycles. The number of imide groups is 1. The summed E-state index contributed by atoms with van der Waals surface area (Å²) in [7, 11) is 0. The number of aryl methyl sites for hydroxylation is 1. The van der Waals surface area contributed by atoms with E-state index in [0.29, 0.717) is 16.3 Å². The number of aliphatic hydroxyl groups excluding tert-OH is 1. The smallest absolute Gasteiger partial charge is 0.277 e. The van der Waals surface area contributed by atoms with Crippen molar-refractivity contribution in [3.05, 3.63) is 57.9 Å². The van der Waals surface area contributed by atoms with Gasteiger partial charge in [0.15, 0.2) is 0 Å². The maximum atomic E-state index is 12.1. The minimum absolute atomic E-state index is 0.0357. The molecule has 1 aliphatic rings. The molecule has 0 bridgehead atoms. The second-order valence-corrected chi connectivity index (χ2v) is 6.61. The number of nitrogens with one attached hydrogen (secondary N) is 2. The van der Waals surface area contributed by atoms with Gasteiger partial charge < -0.3 is 15.7 Å². The van der Waals surface area contributed by atoms with Gasteiger partial charge in [0.2, 0.25) is 0 Å². The predicted molar refractivity (Wildman–Crippen MR) is 99.0 cm³/mol. The van der Waals surface area contributed by atoms with Gasteiger partial charge in [-0.2, -0.15) is 0 Å². The summed E-state index contributed by atoms with van der Waals surface area (Å²) < 4.78 is 0. The molecular weight excluding hydrogens is 354 g/mol. The van der Waals surface area contributed by atoms with Crippen LogP contribution in [0.5, 0.6) is 0 Å². The van der Waals surface area contributed by atoms with Gasteiger partial charge in [-0.25, -0.2) is 0 Å². The molecule has 0 spiro atoms. The summed E-state index contributed by atoms with van der Waals surface area (Å²) in [4.78, 5) is 37.6. The fourth-order valence-corrected chi connectivity index (χ4v) is 3.16. The molecule has 3 rings (SSSR count). The third kappa shape index (κ3) is 3.66. The summed E-state index contributed by atoms with van der Waals surface area (Å²) in [6.45, 7) is 1.52. The minimum atomic E-state index is -0.475. The number of carbonyl (C=O) groups excluding carboxylic acids is 3. The Hall–Kier alpha value is -2.97. The van der Waals surface area contributed by atoms with Gasteiger partial charge in [0.1, 0.15) is 5.70 Å². The normalized spacial score (nSPS) is 13.8. The number of thiophene rings is 1. The summed E-state index contributed by atoms with van der Waals surface area (Å²) in [5.74, 6) is -1.11. The lowest BCUT2D eigenvalue weighted by molar-refractivity contribution is -0.137. The molecule has 0 saturated heterocycles. The quantitative estimate of drug-likeness (QED) is 0.675. The second kappa shape index (κ2) is 7.51. The van der Waals surface area contributed by atoms with Crippen LogP contribution in [-0.4, -0.2) is 40.9 Å². The second-order valence-electron chi connectivity index (χ2n) is 5.66. The maximum absolute atomic E-state index is 12.1. The largest absolute Gasteiger partial charge is 0.395 e. The van der Waals surface area contributed by atoms with Crippen molar-refractivity contribution < 1.29 is 19.5 Å². The zero-order valence-corrected chi connectivity index (χ0v) is 14.8. The average molecular weight is 371 g/mol. The molecule has 26 heavy (non-hydrogen) atoms. The van der Waals surface area contributed by atoms with Crippen molar-refractivity contribution in [2.45, 2.75) is 6.92 Å². The van der Waals surface area contributed by atoms with Crippen molar-refractivity contribution >= 4 is 40.4 Å². The standard InChI is InChI=1S/C18H17N3O4S/c1-11-9-12(19-14-10-16(23)21(6-7-22)18(14)25)4-5-13(11)20-17(24)15-3-2-8-26-15/h2-5,8-10,19,22H,6-7H2,1H3,(H,20,24). The molecule has 0 atom stereocenters. The Labute approximate surface area is 153 Å². The van der Waals surface area contributed by atoms with E-state index >= 15 is 0 Å². The molecule has 0 aliphatic carbocycles. The number of hydrogen-bond acceptors (Lipinski definition) is 6. The Balaban J connectivity index is 1.70. The maximum Gasteiger partial charge on any atom is 0.277 e. The van der Waals surface area contributed by atoms with Crippen molar-refractivity contribution in [1.82, 2.24) is 4.90 Å². The van der Waals surface area contributed by atoms with Crippen LogP contribution in [0.1, 0.15) is 15.2 Å². The Morgan fingerprint density at radius 3 is 2.73 bits per heavy atom. The van der Waals surface area contributed by atoms with Crippen LogP contribution in [0.3, 0.4) is 0 Å². The van der Waals surface area contributed by atoms with Crippen LogP contribution < -0.4 is 10.6 Å². The molecule has 3 N–H and O–H groups in total. The van der Waals surface area contributed by atoms with Crippen molar-refractivity contribution in [3.63, 3.8) is 0 Å². The van der Waals surface area contributed by atoms with E-state index in [1.54, 1.807) is 24.3 Å². The lowest BCUT2D eigenvalue weighted by atomic mass is 10.1. The molecule has 2 heterocycles. The first-order valence-electron chi connectivity index (χ1n) is 7.90. The Kier molecular flexibility index (Phi) is 5.15. The molecule has 1 aromatic heterocycles.